The quantitative estimate of drug-likeness (QED) is 0.583. The number of nitrogens with zero attached hydrogens (tertiary/aromatic N) is 1. The number of rotatable bonds is 4. The lowest BCUT2D eigenvalue weighted by Gasteiger charge is -2.30. The summed E-state index contributed by atoms with van der Waals surface area (Å²) >= 11 is 1.14. The Morgan fingerprint density at radius 2 is 1.71 bits per heavy atom. The summed E-state index contributed by atoms with van der Waals surface area (Å²) in [6.07, 6.45) is 1.39. The van der Waals surface area contributed by atoms with E-state index in [9.17, 15) is 22.4 Å². The monoisotopic (exact) mass is 459 g/mol. The van der Waals surface area contributed by atoms with Crippen LogP contribution in [0.2, 0.25) is 0 Å². The van der Waals surface area contributed by atoms with Gasteiger partial charge in [-0.2, -0.15) is 0 Å². The molecule has 2 amide bonds. The first-order valence-electron chi connectivity index (χ1n) is 9.42. The molecule has 10 heteroatoms. The second-order valence-electron chi connectivity index (χ2n) is 6.87. The normalized spacial score (nSPS) is 13.4. The second-order valence-corrected chi connectivity index (χ2v) is 9.91. The molecule has 0 spiro atoms. The molecule has 1 aromatic heterocycles. The van der Waals surface area contributed by atoms with Gasteiger partial charge in [-0.25, -0.2) is 12.8 Å². The number of hydrogen-bond donors (Lipinski definition) is 2. The standard InChI is InChI=1S/C21H18FN3O4S2/c22-15-5-1-6-16(12-15)23-20(26)21(27)24-17-9-8-14-4-2-10-25(18(14)13-17)31(28,29)19-7-3-11-30-19/h1,3,5-9,11-13H,2,4,10H2,(H,23,26)(H,24,27). The summed E-state index contributed by atoms with van der Waals surface area (Å²) in [6, 6.07) is 13.3. The van der Waals surface area contributed by atoms with Crippen LogP contribution in [0.5, 0.6) is 0 Å². The topological polar surface area (TPSA) is 95.6 Å². The van der Waals surface area contributed by atoms with Gasteiger partial charge in [0.15, 0.2) is 0 Å². The van der Waals surface area contributed by atoms with Gasteiger partial charge in [-0.1, -0.05) is 18.2 Å². The van der Waals surface area contributed by atoms with Crippen LogP contribution in [0.25, 0.3) is 0 Å². The number of carbonyl (C=O) groups is 2. The highest BCUT2D eigenvalue weighted by molar-refractivity contribution is 7.94. The van der Waals surface area contributed by atoms with Gasteiger partial charge < -0.3 is 10.6 Å². The van der Waals surface area contributed by atoms with Crippen molar-refractivity contribution in [1.82, 2.24) is 0 Å². The van der Waals surface area contributed by atoms with E-state index in [-0.39, 0.29) is 15.6 Å². The number of thiophene rings is 1. The molecule has 7 nitrogen and oxygen atoms in total. The fourth-order valence-electron chi connectivity index (χ4n) is 3.33. The largest absolute Gasteiger partial charge is 0.318 e. The van der Waals surface area contributed by atoms with E-state index in [4.69, 9.17) is 0 Å². The molecule has 2 heterocycles. The molecular formula is C21H18FN3O4S2. The van der Waals surface area contributed by atoms with Crippen molar-refractivity contribution in [2.45, 2.75) is 17.1 Å². The minimum atomic E-state index is -3.71. The van der Waals surface area contributed by atoms with Crippen LogP contribution >= 0.6 is 11.3 Å². The van der Waals surface area contributed by atoms with Crippen molar-refractivity contribution in [2.75, 3.05) is 21.5 Å². The Kier molecular flexibility index (Phi) is 5.75. The maximum absolute atomic E-state index is 13.3. The number of amides is 2. The molecule has 3 aromatic rings. The van der Waals surface area contributed by atoms with Crippen molar-refractivity contribution in [2.24, 2.45) is 0 Å². The van der Waals surface area contributed by atoms with Crippen LogP contribution in [0.15, 0.2) is 64.2 Å². The van der Waals surface area contributed by atoms with E-state index in [0.29, 0.717) is 25.1 Å². The number of carbonyl (C=O) groups excluding carboxylic acids is 2. The summed E-state index contributed by atoms with van der Waals surface area (Å²) in [5.41, 5.74) is 1.75. The molecule has 1 aliphatic rings. The van der Waals surface area contributed by atoms with Gasteiger partial charge in [0.1, 0.15) is 10.0 Å². The Morgan fingerprint density at radius 1 is 0.968 bits per heavy atom. The van der Waals surface area contributed by atoms with Crippen LogP contribution in [-0.4, -0.2) is 26.8 Å². The maximum atomic E-state index is 13.3. The molecule has 31 heavy (non-hydrogen) atoms. The van der Waals surface area contributed by atoms with Crippen LogP contribution in [0.1, 0.15) is 12.0 Å². The molecule has 0 saturated heterocycles. The van der Waals surface area contributed by atoms with E-state index >= 15 is 0 Å². The van der Waals surface area contributed by atoms with Crippen molar-refractivity contribution < 1.29 is 22.4 Å². The average molecular weight is 460 g/mol. The number of halogens is 1. The third-order valence-electron chi connectivity index (χ3n) is 4.75. The van der Waals surface area contributed by atoms with E-state index in [0.717, 1.165) is 23.0 Å². The lowest BCUT2D eigenvalue weighted by atomic mass is 10.0. The number of hydrogen-bond acceptors (Lipinski definition) is 5. The fourth-order valence-corrected chi connectivity index (χ4v) is 5.97. The summed E-state index contributed by atoms with van der Waals surface area (Å²) in [4.78, 5) is 24.4. The van der Waals surface area contributed by atoms with E-state index in [1.807, 2.05) is 0 Å². The summed E-state index contributed by atoms with van der Waals surface area (Å²) < 4.78 is 40.9. The van der Waals surface area contributed by atoms with Gasteiger partial charge in [0, 0.05) is 17.9 Å². The van der Waals surface area contributed by atoms with Gasteiger partial charge in [0.05, 0.1) is 5.69 Å². The van der Waals surface area contributed by atoms with Gasteiger partial charge >= 0.3 is 11.8 Å². The van der Waals surface area contributed by atoms with E-state index < -0.39 is 27.7 Å². The third kappa shape index (κ3) is 4.44. The molecule has 0 fully saturated rings. The van der Waals surface area contributed by atoms with Crippen molar-refractivity contribution >= 4 is 50.2 Å². The highest BCUT2D eigenvalue weighted by atomic mass is 32.2. The summed E-state index contributed by atoms with van der Waals surface area (Å²) in [5, 5.41) is 6.49. The maximum Gasteiger partial charge on any atom is 0.314 e. The SMILES string of the molecule is O=C(Nc1cccc(F)c1)C(=O)Nc1ccc2c(c1)N(S(=O)(=O)c1cccs1)CCC2. The number of sulfonamides is 1. The summed E-state index contributed by atoms with van der Waals surface area (Å²) in [5.74, 6) is -2.46. The molecule has 0 atom stereocenters. The molecule has 0 radical (unpaired) electrons. The van der Waals surface area contributed by atoms with Gasteiger partial charge in [-0.3, -0.25) is 13.9 Å². The molecule has 0 unspecified atom stereocenters. The average Bonchev–Trinajstić information content (AvgIpc) is 3.29. The number of nitrogens with one attached hydrogen (secondary N) is 2. The predicted octanol–water partition coefficient (Wildman–Crippen LogP) is 3.61. The molecule has 0 bridgehead atoms. The van der Waals surface area contributed by atoms with E-state index in [1.54, 1.807) is 35.7 Å². The van der Waals surface area contributed by atoms with Crippen LogP contribution in [0.3, 0.4) is 0 Å². The van der Waals surface area contributed by atoms with Gasteiger partial charge in [0.25, 0.3) is 10.0 Å². The van der Waals surface area contributed by atoms with Crippen LogP contribution < -0.4 is 14.9 Å². The van der Waals surface area contributed by atoms with Crippen molar-refractivity contribution in [3.05, 3.63) is 71.4 Å². The predicted molar refractivity (Wildman–Crippen MR) is 117 cm³/mol. The molecule has 0 aliphatic carbocycles. The van der Waals surface area contributed by atoms with Gasteiger partial charge in [0.2, 0.25) is 0 Å². The first kappa shape index (κ1) is 21.0. The fraction of sp³-hybridized carbons (Fsp3) is 0.143. The van der Waals surface area contributed by atoms with Crippen molar-refractivity contribution in [3.63, 3.8) is 0 Å². The molecule has 1 aliphatic heterocycles. The molecular weight excluding hydrogens is 441 g/mol. The number of aryl methyl sites for hydroxylation is 1. The molecule has 4 rings (SSSR count). The zero-order valence-corrected chi connectivity index (χ0v) is 17.8. The van der Waals surface area contributed by atoms with E-state index in [2.05, 4.69) is 10.6 Å². The van der Waals surface area contributed by atoms with E-state index in [1.165, 1.54) is 22.5 Å². The highest BCUT2D eigenvalue weighted by Gasteiger charge is 2.30. The molecule has 160 valence electrons. The molecule has 2 N–H and O–H groups in total. The third-order valence-corrected chi connectivity index (χ3v) is 7.93. The lowest BCUT2D eigenvalue weighted by molar-refractivity contribution is -0.132. The highest BCUT2D eigenvalue weighted by Crippen LogP contribution is 2.35. The zero-order chi connectivity index (χ0) is 22.0. The van der Waals surface area contributed by atoms with Crippen molar-refractivity contribution in [1.29, 1.82) is 0 Å². The number of fused-ring (bicyclic) bond motifs is 1. The Balaban J connectivity index is 1.55. The zero-order valence-electron chi connectivity index (χ0n) is 16.2. The first-order chi connectivity index (χ1) is 14.8. The first-order valence-corrected chi connectivity index (χ1v) is 11.7. The minimum Gasteiger partial charge on any atom is -0.318 e. The summed E-state index contributed by atoms with van der Waals surface area (Å²) in [7, 11) is -3.71. The molecule has 0 saturated carbocycles. The number of anilines is 3. The van der Waals surface area contributed by atoms with Crippen LogP contribution in [-0.2, 0) is 26.0 Å². The van der Waals surface area contributed by atoms with Crippen molar-refractivity contribution in [3.8, 4) is 0 Å². The molecule has 2 aromatic carbocycles. The summed E-state index contributed by atoms with van der Waals surface area (Å²) in [6.45, 7) is 0.324. The Hall–Kier alpha value is -3.24. The van der Waals surface area contributed by atoms with Crippen LogP contribution in [0, 0.1) is 5.82 Å². The Morgan fingerprint density at radius 3 is 2.39 bits per heavy atom. The second kappa shape index (κ2) is 8.48. The lowest BCUT2D eigenvalue weighted by Crippen LogP contribution is -2.35. The van der Waals surface area contributed by atoms with Gasteiger partial charge in [-0.05, 0) is 60.2 Å². The van der Waals surface area contributed by atoms with Gasteiger partial charge in [-0.15, -0.1) is 11.3 Å². The van der Waals surface area contributed by atoms with Crippen LogP contribution in [0.4, 0.5) is 21.5 Å². The Bertz CT molecular complexity index is 1240. The smallest absolute Gasteiger partial charge is 0.314 e. The minimum absolute atomic E-state index is 0.152. The Labute approximate surface area is 182 Å². The number of benzene rings is 2.